The maximum atomic E-state index is 11.2. The minimum Gasteiger partial charge on any atom is -0.469 e. The normalized spacial score (nSPS) is 31.8. The van der Waals surface area contributed by atoms with E-state index < -0.39 is 0 Å². The highest BCUT2D eigenvalue weighted by Gasteiger charge is 2.48. The number of hydrogen-bond donors (Lipinski definition) is 1. The minimum absolute atomic E-state index is 0. The van der Waals surface area contributed by atoms with Gasteiger partial charge >= 0.3 is 5.97 Å². The molecule has 1 aliphatic carbocycles. The van der Waals surface area contributed by atoms with E-state index in [2.05, 4.69) is 5.32 Å². The van der Waals surface area contributed by atoms with Crippen molar-refractivity contribution < 1.29 is 9.53 Å². The van der Waals surface area contributed by atoms with Crippen molar-refractivity contribution >= 4 is 18.4 Å². The Morgan fingerprint density at radius 3 is 2.57 bits per heavy atom. The summed E-state index contributed by atoms with van der Waals surface area (Å²) in [6.45, 7) is 2.24. The van der Waals surface area contributed by atoms with Gasteiger partial charge in [0.2, 0.25) is 0 Å². The summed E-state index contributed by atoms with van der Waals surface area (Å²) in [6.07, 6.45) is 3.54. The second-order valence-corrected chi connectivity index (χ2v) is 4.12. The Hall–Kier alpha value is -0.280. The van der Waals surface area contributed by atoms with Gasteiger partial charge in [-0.25, -0.2) is 0 Å². The van der Waals surface area contributed by atoms with Crippen LogP contribution < -0.4 is 5.32 Å². The summed E-state index contributed by atoms with van der Waals surface area (Å²) >= 11 is 0. The van der Waals surface area contributed by atoms with Crippen molar-refractivity contribution in [2.24, 2.45) is 17.8 Å². The number of rotatable bonds is 2. The Bertz CT molecular complexity index is 204. The van der Waals surface area contributed by atoms with E-state index in [1.54, 1.807) is 0 Å². The summed E-state index contributed by atoms with van der Waals surface area (Å²) in [4.78, 5) is 11.2. The van der Waals surface area contributed by atoms with Crippen LogP contribution in [0.3, 0.4) is 0 Å². The molecule has 1 N–H and O–H groups in total. The van der Waals surface area contributed by atoms with E-state index in [-0.39, 0.29) is 24.3 Å². The molecule has 0 aromatic rings. The van der Waals surface area contributed by atoms with Crippen molar-refractivity contribution in [3.63, 3.8) is 0 Å². The molecular formula is C10H18ClNO2. The number of ether oxygens (including phenoxy) is 1. The van der Waals surface area contributed by atoms with Crippen molar-refractivity contribution in [3.05, 3.63) is 0 Å². The molecule has 0 spiro atoms. The molecule has 0 unspecified atom stereocenters. The number of piperidine rings is 1. The van der Waals surface area contributed by atoms with Gasteiger partial charge in [0.05, 0.1) is 13.0 Å². The number of hydrogen-bond acceptors (Lipinski definition) is 3. The fourth-order valence-electron chi connectivity index (χ4n) is 2.43. The molecule has 0 amide bonds. The molecule has 0 aromatic heterocycles. The van der Waals surface area contributed by atoms with E-state index in [4.69, 9.17) is 4.74 Å². The minimum atomic E-state index is 0. The lowest BCUT2D eigenvalue weighted by Gasteiger charge is -2.22. The van der Waals surface area contributed by atoms with Crippen LogP contribution in [-0.2, 0) is 9.53 Å². The Balaban J connectivity index is 0.000000980. The second-order valence-electron chi connectivity index (χ2n) is 4.12. The van der Waals surface area contributed by atoms with Crippen LogP contribution in [0.15, 0.2) is 0 Å². The van der Waals surface area contributed by atoms with E-state index in [1.807, 2.05) is 0 Å². The average Bonchev–Trinajstić information content (AvgIpc) is 2.98. The van der Waals surface area contributed by atoms with Crippen LogP contribution in [0.25, 0.3) is 0 Å². The van der Waals surface area contributed by atoms with Crippen molar-refractivity contribution in [1.29, 1.82) is 0 Å². The fraction of sp³-hybridized carbons (Fsp3) is 0.900. The number of halogens is 1. The first-order valence-corrected chi connectivity index (χ1v) is 5.11. The molecule has 2 atom stereocenters. The largest absolute Gasteiger partial charge is 0.469 e. The van der Waals surface area contributed by atoms with Crippen molar-refractivity contribution in [2.75, 3.05) is 20.2 Å². The SMILES string of the molecule is COC(=O)[C@@H]1C[C@H]1C1CCNCC1.Cl. The van der Waals surface area contributed by atoms with Gasteiger partial charge in [-0.05, 0) is 44.2 Å². The molecule has 0 aromatic carbocycles. The van der Waals surface area contributed by atoms with Crippen molar-refractivity contribution in [3.8, 4) is 0 Å². The van der Waals surface area contributed by atoms with Crippen LogP contribution in [0.4, 0.5) is 0 Å². The molecule has 3 nitrogen and oxygen atoms in total. The molecule has 82 valence electrons. The standard InChI is InChI=1S/C10H17NO2.ClH/c1-13-10(12)9-6-8(9)7-2-4-11-5-3-7;/h7-9,11H,2-6H2,1H3;1H/t8-,9+;/m0./s1. The quantitative estimate of drug-likeness (QED) is 0.710. The lowest BCUT2D eigenvalue weighted by Crippen LogP contribution is -2.29. The van der Waals surface area contributed by atoms with Gasteiger partial charge in [0.15, 0.2) is 0 Å². The third-order valence-electron chi connectivity index (χ3n) is 3.33. The predicted molar refractivity (Wildman–Crippen MR) is 56.5 cm³/mol. The van der Waals surface area contributed by atoms with E-state index in [1.165, 1.54) is 20.0 Å². The summed E-state index contributed by atoms with van der Waals surface area (Å²) in [5.41, 5.74) is 0. The van der Waals surface area contributed by atoms with E-state index in [0.29, 0.717) is 5.92 Å². The maximum Gasteiger partial charge on any atom is 0.308 e. The first kappa shape index (κ1) is 11.8. The molecule has 0 bridgehead atoms. The summed E-state index contributed by atoms with van der Waals surface area (Å²) in [6, 6.07) is 0. The number of methoxy groups -OCH3 is 1. The third-order valence-corrected chi connectivity index (χ3v) is 3.33. The number of carbonyl (C=O) groups is 1. The maximum absolute atomic E-state index is 11.2. The number of carbonyl (C=O) groups excluding carboxylic acids is 1. The Morgan fingerprint density at radius 2 is 2.00 bits per heavy atom. The first-order valence-electron chi connectivity index (χ1n) is 5.11. The average molecular weight is 220 g/mol. The van der Waals surface area contributed by atoms with Gasteiger partial charge in [-0.3, -0.25) is 4.79 Å². The highest BCUT2D eigenvalue weighted by atomic mass is 35.5. The molecule has 1 saturated carbocycles. The van der Waals surface area contributed by atoms with E-state index in [0.717, 1.165) is 25.4 Å². The van der Waals surface area contributed by atoms with Gasteiger partial charge in [-0.1, -0.05) is 0 Å². The lowest BCUT2D eigenvalue weighted by atomic mass is 9.92. The Kier molecular flexibility index (Phi) is 4.20. The number of nitrogens with one attached hydrogen (secondary N) is 1. The van der Waals surface area contributed by atoms with Gasteiger partial charge in [-0.2, -0.15) is 0 Å². The van der Waals surface area contributed by atoms with Crippen molar-refractivity contribution in [1.82, 2.24) is 5.32 Å². The molecule has 2 fully saturated rings. The topological polar surface area (TPSA) is 38.3 Å². The molecule has 2 rings (SSSR count). The van der Waals surface area contributed by atoms with Crippen LogP contribution in [0.1, 0.15) is 19.3 Å². The van der Waals surface area contributed by atoms with Crippen LogP contribution in [0.2, 0.25) is 0 Å². The molecule has 14 heavy (non-hydrogen) atoms. The summed E-state index contributed by atoms with van der Waals surface area (Å²) in [5, 5.41) is 3.34. The zero-order valence-electron chi connectivity index (χ0n) is 8.49. The van der Waals surface area contributed by atoms with Gasteiger partial charge in [0, 0.05) is 0 Å². The van der Waals surface area contributed by atoms with Crippen LogP contribution >= 0.6 is 12.4 Å². The zero-order chi connectivity index (χ0) is 9.26. The van der Waals surface area contributed by atoms with Crippen LogP contribution in [-0.4, -0.2) is 26.2 Å². The van der Waals surface area contributed by atoms with Gasteiger partial charge < -0.3 is 10.1 Å². The third kappa shape index (κ3) is 2.39. The second kappa shape index (κ2) is 4.99. The summed E-state index contributed by atoms with van der Waals surface area (Å²) in [7, 11) is 1.49. The van der Waals surface area contributed by atoms with Crippen LogP contribution in [0.5, 0.6) is 0 Å². The number of esters is 1. The molecular weight excluding hydrogens is 202 g/mol. The van der Waals surface area contributed by atoms with Gasteiger partial charge in [0.1, 0.15) is 0 Å². The van der Waals surface area contributed by atoms with E-state index >= 15 is 0 Å². The van der Waals surface area contributed by atoms with Crippen LogP contribution in [0, 0.1) is 17.8 Å². The summed E-state index contributed by atoms with van der Waals surface area (Å²) < 4.78 is 4.74. The smallest absolute Gasteiger partial charge is 0.308 e. The fourth-order valence-corrected chi connectivity index (χ4v) is 2.43. The van der Waals surface area contributed by atoms with Gasteiger partial charge in [0.25, 0.3) is 0 Å². The molecule has 1 heterocycles. The predicted octanol–water partition coefficient (Wildman–Crippen LogP) is 1.22. The highest BCUT2D eigenvalue weighted by molar-refractivity contribution is 5.85. The monoisotopic (exact) mass is 219 g/mol. The van der Waals surface area contributed by atoms with Crippen molar-refractivity contribution in [2.45, 2.75) is 19.3 Å². The molecule has 1 aliphatic heterocycles. The highest BCUT2D eigenvalue weighted by Crippen LogP contribution is 2.47. The Morgan fingerprint density at radius 1 is 1.36 bits per heavy atom. The first-order chi connectivity index (χ1) is 6.33. The molecule has 1 saturated heterocycles. The lowest BCUT2D eigenvalue weighted by molar-refractivity contribution is -0.142. The summed E-state index contributed by atoms with van der Waals surface area (Å²) in [5.74, 6) is 1.64. The molecule has 0 radical (unpaired) electrons. The zero-order valence-corrected chi connectivity index (χ0v) is 9.31. The van der Waals surface area contributed by atoms with E-state index in [9.17, 15) is 4.79 Å². The van der Waals surface area contributed by atoms with Gasteiger partial charge in [-0.15, -0.1) is 12.4 Å². The molecule has 2 aliphatic rings. The Labute approximate surface area is 91.0 Å². The molecule has 4 heteroatoms.